The monoisotopic (exact) mass is 336 g/mol. The van der Waals surface area contributed by atoms with E-state index < -0.39 is 24.0 Å². The van der Waals surface area contributed by atoms with Gasteiger partial charge < -0.3 is 9.84 Å². The summed E-state index contributed by atoms with van der Waals surface area (Å²) in [6.07, 6.45) is -2.76. The minimum absolute atomic E-state index is 0.503. The van der Waals surface area contributed by atoms with Gasteiger partial charge in [0.1, 0.15) is 0 Å². The van der Waals surface area contributed by atoms with Gasteiger partial charge in [-0.25, -0.2) is 4.79 Å². The normalized spacial score (nSPS) is 21.0. The number of aliphatic hydroxyl groups excluding tert-OH is 1. The Hall–Kier alpha value is -1.88. The van der Waals surface area contributed by atoms with Crippen molar-refractivity contribution in [2.24, 2.45) is 0 Å². The Balaban J connectivity index is 1.90. The van der Waals surface area contributed by atoms with Crippen molar-refractivity contribution in [3.05, 3.63) is 58.1 Å². The van der Waals surface area contributed by atoms with Gasteiger partial charge in [-0.2, -0.15) is 0 Å². The zero-order chi connectivity index (χ0) is 15.9. The summed E-state index contributed by atoms with van der Waals surface area (Å²) in [6, 6.07) is 12.0. The third-order valence-corrected chi connectivity index (χ3v) is 3.99. The maximum absolute atomic E-state index is 11.7. The number of aliphatic hydroxyl groups is 1. The molecule has 0 bridgehead atoms. The summed E-state index contributed by atoms with van der Waals surface area (Å²) in [5.41, 5.74) is 2.14. The molecular weight excluding hydrogens is 327 g/mol. The highest BCUT2D eigenvalue weighted by Gasteiger charge is 2.43. The molecule has 0 spiro atoms. The number of cyclic esters (lactones) is 1. The smallest absolute Gasteiger partial charge is 0.344 e. The number of hydrogen-bond donors (Lipinski definition) is 1. The SMILES string of the molecule is O=C1OC(c2ccc(-c3ccc(Cl)cc3Cl)cc2)C(=O)C1O. The van der Waals surface area contributed by atoms with E-state index in [1.807, 2.05) is 0 Å². The first-order valence-electron chi connectivity index (χ1n) is 6.45. The minimum atomic E-state index is -1.70. The molecule has 0 aliphatic carbocycles. The van der Waals surface area contributed by atoms with Crippen LogP contribution in [0.15, 0.2) is 42.5 Å². The van der Waals surface area contributed by atoms with Crippen molar-refractivity contribution >= 4 is 35.0 Å². The largest absolute Gasteiger partial charge is 0.447 e. The number of ketones is 1. The van der Waals surface area contributed by atoms with Crippen molar-refractivity contribution in [2.45, 2.75) is 12.2 Å². The van der Waals surface area contributed by atoms with Crippen LogP contribution in [0.25, 0.3) is 11.1 Å². The van der Waals surface area contributed by atoms with Crippen LogP contribution in [-0.2, 0) is 14.3 Å². The number of esters is 1. The Morgan fingerprint density at radius 1 is 1.00 bits per heavy atom. The molecule has 0 aromatic heterocycles. The Morgan fingerprint density at radius 3 is 2.23 bits per heavy atom. The van der Waals surface area contributed by atoms with Crippen LogP contribution >= 0.6 is 23.2 Å². The Bertz CT molecular complexity index is 755. The van der Waals surface area contributed by atoms with Crippen molar-refractivity contribution in [3.8, 4) is 11.1 Å². The van der Waals surface area contributed by atoms with E-state index in [0.717, 1.165) is 11.1 Å². The van der Waals surface area contributed by atoms with Crippen LogP contribution in [0, 0.1) is 0 Å². The van der Waals surface area contributed by atoms with Crippen LogP contribution in [0.1, 0.15) is 11.7 Å². The van der Waals surface area contributed by atoms with E-state index >= 15 is 0 Å². The van der Waals surface area contributed by atoms with Crippen LogP contribution in [0.2, 0.25) is 10.0 Å². The lowest BCUT2D eigenvalue weighted by Gasteiger charge is -2.10. The molecule has 0 saturated carbocycles. The number of carbonyl (C=O) groups excluding carboxylic acids is 2. The molecule has 112 valence electrons. The number of rotatable bonds is 2. The zero-order valence-corrected chi connectivity index (χ0v) is 12.6. The summed E-state index contributed by atoms with van der Waals surface area (Å²) in [4.78, 5) is 22.9. The standard InChI is InChI=1S/C16H10Cl2O4/c17-10-5-6-11(12(18)7-10)8-1-3-9(4-2-8)15-13(19)14(20)16(21)22-15/h1-7,14-15,20H. The van der Waals surface area contributed by atoms with Crippen LogP contribution in [0.5, 0.6) is 0 Å². The van der Waals surface area contributed by atoms with Gasteiger partial charge in [0.05, 0.1) is 0 Å². The van der Waals surface area contributed by atoms with Gasteiger partial charge >= 0.3 is 5.97 Å². The third kappa shape index (κ3) is 2.61. The maximum Gasteiger partial charge on any atom is 0.344 e. The molecule has 22 heavy (non-hydrogen) atoms. The third-order valence-electron chi connectivity index (χ3n) is 3.44. The van der Waals surface area contributed by atoms with Crippen LogP contribution < -0.4 is 0 Å². The lowest BCUT2D eigenvalue weighted by molar-refractivity contribution is -0.147. The molecule has 4 nitrogen and oxygen atoms in total. The van der Waals surface area contributed by atoms with E-state index in [1.54, 1.807) is 42.5 Å². The Morgan fingerprint density at radius 2 is 1.68 bits per heavy atom. The van der Waals surface area contributed by atoms with Gasteiger partial charge in [-0.3, -0.25) is 4.79 Å². The van der Waals surface area contributed by atoms with E-state index in [0.29, 0.717) is 15.6 Å². The molecule has 1 heterocycles. The summed E-state index contributed by atoms with van der Waals surface area (Å²) >= 11 is 12.0. The number of carbonyl (C=O) groups is 2. The molecule has 6 heteroatoms. The van der Waals surface area contributed by atoms with Crippen LogP contribution in [-0.4, -0.2) is 23.0 Å². The van der Waals surface area contributed by atoms with E-state index in [2.05, 4.69) is 0 Å². The topological polar surface area (TPSA) is 63.6 Å². The first-order valence-corrected chi connectivity index (χ1v) is 7.20. The Labute approximate surface area is 136 Å². The number of Topliss-reactive ketones (excluding diaryl/α,β-unsaturated/α-hetero) is 1. The van der Waals surface area contributed by atoms with E-state index in [9.17, 15) is 14.7 Å². The molecule has 0 amide bonds. The van der Waals surface area contributed by atoms with Crippen molar-refractivity contribution in [1.82, 2.24) is 0 Å². The average molecular weight is 337 g/mol. The molecule has 1 aliphatic rings. The molecule has 1 fully saturated rings. The Kier molecular flexibility index (Phi) is 3.91. The molecule has 1 N–H and O–H groups in total. The fourth-order valence-electron chi connectivity index (χ4n) is 2.29. The predicted molar refractivity (Wildman–Crippen MR) is 81.7 cm³/mol. The molecule has 0 radical (unpaired) electrons. The van der Waals surface area contributed by atoms with Crippen molar-refractivity contribution in [3.63, 3.8) is 0 Å². The first-order chi connectivity index (χ1) is 10.5. The van der Waals surface area contributed by atoms with Gasteiger partial charge in [-0.05, 0) is 17.7 Å². The summed E-state index contributed by atoms with van der Waals surface area (Å²) in [5.74, 6) is -1.57. The lowest BCUT2D eigenvalue weighted by Crippen LogP contribution is -2.21. The molecule has 2 aromatic rings. The van der Waals surface area contributed by atoms with Gasteiger partial charge in [0.2, 0.25) is 11.9 Å². The molecule has 1 aliphatic heterocycles. The second-order valence-electron chi connectivity index (χ2n) is 4.87. The van der Waals surface area contributed by atoms with Crippen LogP contribution in [0.3, 0.4) is 0 Å². The minimum Gasteiger partial charge on any atom is -0.447 e. The summed E-state index contributed by atoms with van der Waals surface area (Å²) < 4.78 is 4.87. The average Bonchev–Trinajstić information content (AvgIpc) is 2.75. The zero-order valence-electron chi connectivity index (χ0n) is 11.1. The van der Waals surface area contributed by atoms with Crippen molar-refractivity contribution < 1.29 is 19.4 Å². The van der Waals surface area contributed by atoms with Crippen molar-refractivity contribution in [2.75, 3.05) is 0 Å². The predicted octanol–water partition coefficient (Wildman–Crippen LogP) is 3.19. The van der Waals surface area contributed by atoms with E-state index in [1.165, 1.54) is 0 Å². The summed E-state index contributed by atoms with van der Waals surface area (Å²) in [6.45, 7) is 0. The maximum atomic E-state index is 11.7. The highest BCUT2D eigenvalue weighted by Crippen LogP contribution is 2.32. The fourth-order valence-corrected chi connectivity index (χ4v) is 2.81. The number of halogens is 2. The second-order valence-corrected chi connectivity index (χ2v) is 5.71. The van der Waals surface area contributed by atoms with Gasteiger partial charge in [-0.15, -0.1) is 0 Å². The highest BCUT2D eigenvalue weighted by atomic mass is 35.5. The molecule has 1 saturated heterocycles. The van der Waals surface area contributed by atoms with Crippen LogP contribution in [0.4, 0.5) is 0 Å². The number of hydrogen-bond acceptors (Lipinski definition) is 4. The lowest BCUT2D eigenvalue weighted by atomic mass is 10.00. The molecule has 2 unspecified atom stereocenters. The second kappa shape index (κ2) is 5.72. The fraction of sp³-hybridized carbons (Fsp3) is 0.125. The van der Waals surface area contributed by atoms with Gasteiger partial charge in [0.15, 0.2) is 6.10 Å². The summed E-state index contributed by atoms with van der Waals surface area (Å²) in [7, 11) is 0. The number of benzene rings is 2. The number of ether oxygens (including phenoxy) is 1. The molecular formula is C16H10Cl2O4. The molecule has 2 atom stereocenters. The van der Waals surface area contributed by atoms with E-state index in [-0.39, 0.29) is 0 Å². The van der Waals surface area contributed by atoms with Gasteiger partial charge in [-0.1, -0.05) is 53.5 Å². The van der Waals surface area contributed by atoms with Gasteiger partial charge in [0, 0.05) is 21.2 Å². The molecule has 3 rings (SSSR count). The quantitative estimate of drug-likeness (QED) is 0.675. The van der Waals surface area contributed by atoms with Gasteiger partial charge in [0.25, 0.3) is 0 Å². The van der Waals surface area contributed by atoms with E-state index in [4.69, 9.17) is 27.9 Å². The highest BCUT2D eigenvalue weighted by molar-refractivity contribution is 6.36. The van der Waals surface area contributed by atoms with Crippen molar-refractivity contribution in [1.29, 1.82) is 0 Å². The summed E-state index contributed by atoms with van der Waals surface area (Å²) in [5, 5.41) is 10.4. The molecule has 2 aromatic carbocycles. The first kappa shape index (κ1) is 15.0.